The molecule has 1 amide bonds. The minimum absolute atomic E-state index is 0.0809. The summed E-state index contributed by atoms with van der Waals surface area (Å²) in [6.45, 7) is 1.76. The van der Waals surface area contributed by atoms with Crippen LogP contribution in [0.1, 0.15) is 28.5 Å². The van der Waals surface area contributed by atoms with Gasteiger partial charge in [-0.05, 0) is 60.7 Å². The maximum atomic E-state index is 12.6. The van der Waals surface area contributed by atoms with Gasteiger partial charge in [0.15, 0.2) is 10.9 Å². The second-order valence-corrected chi connectivity index (χ2v) is 8.23. The number of carbonyl (C=O) groups excluding carboxylic acids is 2. The van der Waals surface area contributed by atoms with Gasteiger partial charge in [-0.2, -0.15) is 0 Å². The number of anilines is 2. The Hall–Kier alpha value is -3.48. The zero-order valence-electron chi connectivity index (χ0n) is 17.2. The van der Waals surface area contributed by atoms with Crippen LogP contribution in [0, 0.1) is 0 Å². The number of aromatic nitrogens is 1. The molecule has 0 N–H and O–H groups in total. The molecule has 0 fully saturated rings. The van der Waals surface area contributed by atoms with Crippen molar-refractivity contribution >= 4 is 45.4 Å². The van der Waals surface area contributed by atoms with Gasteiger partial charge >= 0.3 is 0 Å². The summed E-state index contributed by atoms with van der Waals surface area (Å²) in [5.74, 6) is 0.431. The summed E-state index contributed by atoms with van der Waals surface area (Å²) >= 11 is 7.26. The minimum atomic E-state index is -0.112. The molecule has 0 aliphatic carbocycles. The molecule has 32 heavy (non-hydrogen) atoms. The predicted octanol–water partition coefficient (Wildman–Crippen LogP) is 6.29. The molecule has 0 aliphatic heterocycles. The summed E-state index contributed by atoms with van der Waals surface area (Å²) in [4.78, 5) is 30.9. The zero-order chi connectivity index (χ0) is 22.5. The van der Waals surface area contributed by atoms with Crippen LogP contribution in [0.2, 0.25) is 5.02 Å². The van der Waals surface area contributed by atoms with Crippen LogP contribution in [-0.2, 0) is 11.4 Å². The molecular formula is C25H19ClN2O3S. The number of rotatable bonds is 7. The molecule has 0 atom stereocenters. The summed E-state index contributed by atoms with van der Waals surface area (Å²) in [6, 6.07) is 23.1. The third-order valence-corrected chi connectivity index (χ3v) is 5.80. The standard InChI is InChI=1S/C25H19ClN2O3S/c1-17(29)28(22-5-3-2-4-6-22)25-27-21(16-32-25)15-31-23-13-9-19(10-14-23)24(30)18-7-11-20(26)12-8-18/h2-14,16H,15H2,1H3. The quantitative estimate of drug-likeness (QED) is 0.303. The Labute approximate surface area is 194 Å². The molecule has 0 saturated heterocycles. The number of ether oxygens (including phenoxy) is 1. The number of nitrogens with zero attached hydrogens (tertiary/aromatic N) is 2. The van der Waals surface area contributed by atoms with Gasteiger partial charge in [-0.25, -0.2) is 4.98 Å². The third-order valence-electron chi connectivity index (χ3n) is 4.67. The van der Waals surface area contributed by atoms with Crippen LogP contribution in [0.4, 0.5) is 10.8 Å². The van der Waals surface area contributed by atoms with Crippen LogP contribution in [0.25, 0.3) is 0 Å². The molecule has 5 nitrogen and oxygen atoms in total. The normalized spacial score (nSPS) is 10.6. The summed E-state index contributed by atoms with van der Waals surface area (Å²) in [5, 5.41) is 3.05. The van der Waals surface area contributed by atoms with E-state index in [1.807, 2.05) is 35.7 Å². The Balaban J connectivity index is 1.41. The lowest BCUT2D eigenvalue weighted by Gasteiger charge is -2.17. The van der Waals surface area contributed by atoms with Crippen LogP contribution in [0.15, 0.2) is 84.2 Å². The first-order chi connectivity index (χ1) is 15.5. The molecule has 0 unspecified atom stereocenters. The molecule has 0 saturated carbocycles. The Bertz CT molecular complexity index is 1220. The minimum Gasteiger partial charge on any atom is -0.487 e. The fourth-order valence-corrected chi connectivity index (χ4v) is 4.09. The second-order valence-electron chi connectivity index (χ2n) is 6.96. The van der Waals surface area contributed by atoms with Gasteiger partial charge in [-0.3, -0.25) is 14.5 Å². The summed E-state index contributed by atoms with van der Waals surface area (Å²) in [5.41, 5.74) is 2.62. The Morgan fingerprint density at radius 2 is 1.56 bits per heavy atom. The molecule has 1 heterocycles. The molecule has 0 radical (unpaired) electrons. The SMILES string of the molecule is CC(=O)N(c1ccccc1)c1nc(COc2ccc(C(=O)c3ccc(Cl)cc3)cc2)cs1. The maximum absolute atomic E-state index is 12.6. The maximum Gasteiger partial charge on any atom is 0.230 e. The second kappa shape index (κ2) is 9.77. The third kappa shape index (κ3) is 5.04. The molecule has 1 aromatic heterocycles. The smallest absolute Gasteiger partial charge is 0.230 e. The van der Waals surface area contributed by atoms with Crippen molar-refractivity contribution in [2.45, 2.75) is 13.5 Å². The number of hydrogen-bond acceptors (Lipinski definition) is 5. The lowest BCUT2D eigenvalue weighted by molar-refractivity contribution is -0.115. The molecular weight excluding hydrogens is 444 g/mol. The van der Waals surface area contributed by atoms with Gasteiger partial charge in [0.05, 0.1) is 11.4 Å². The summed E-state index contributed by atoms with van der Waals surface area (Å²) in [7, 11) is 0. The number of halogens is 1. The van der Waals surface area contributed by atoms with Gasteiger partial charge < -0.3 is 4.74 Å². The van der Waals surface area contributed by atoms with E-state index in [1.54, 1.807) is 53.4 Å². The molecule has 160 valence electrons. The van der Waals surface area contributed by atoms with Crippen LogP contribution >= 0.6 is 22.9 Å². The average molecular weight is 463 g/mol. The number of amides is 1. The number of hydrogen-bond donors (Lipinski definition) is 0. The fraction of sp³-hybridized carbons (Fsp3) is 0.0800. The Kier molecular flexibility index (Phi) is 6.63. The van der Waals surface area contributed by atoms with Gasteiger partial charge in [0.1, 0.15) is 12.4 Å². The van der Waals surface area contributed by atoms with E-state index in [0.717, 1.165) is 5.69 Å². The van der Waals surface area contributed by atoms with Crippen molar-refractivity contribution in [1.29, 1.82) is 0 Å². The van der Waals surface area contributed by atoms with E-state index in [1.165, 1.54) is 18.3 Å². The van der Waals surface area contributed by atoms with Crippen molar-refractivity contribution in [3.8, 4) is 5.75 Å². The van der Waals surface area contributed by atoms with Crippen molar-refractivity contribution in [2.75, 3.05) is 4.90 Å². The lowest BCUT2D eigenvalue weighted by Crippen LogP contribution is -2.22. The van der Waals surface area contributed by atoms with Crippen LogP contribution in [0.3, 0.4) is 0 Å². The van der Waals surface area contributed by atoms with E-state index in [-0.39, 0.29) is 18.3 Å². The van der Waals surface area contributed by atoms with Crippen LogP contribution in [-0.4, -0.2) is 16.7 Å². The van der Waals surface area contributed by atoms with E-state index in [4.69, 9.17) is 16.3 Å². The number of para-hydroxylation sites is 1. The highest BCUT2D eigenvalue weighted by Gasteiger charge is 2.18. The molecule has 0 spiro atoms. The van der Waals surface area contributed by atoms with E-state index in [0.29, 0.717) is 32.7 Å². The molecule has 0 bridgehead atoms. The van der Waals surface area contributed by atoms with Crippen molar-refractivity contribution in [2.24, 2.45) is 0 Å². The molecule has 4 rings (SSSR count). The Morgan fingerprint density at radius 1 is 0.938 bits per heavy atom. The van der Waals surface area contributed by atoms with E-state index < -0.39 is 0 Å². The highest BCUT2D eigenvalue weighted by molar-refractivity contribution is 7.14. The first kappa shape index (κ1) is 21.7. The van der Waals surface area contributed by atoms with Gasteiger partial charge in [0, 0.05) is 28.5 Å². The largest absolute Gasteiger partial charge is 0.487 e. The van der Waals surface area contributed by atoms with Gasteiger partial charge in [0.2, 0.25) is 5.91 Å². The number of ketones is 1. The van der Waals surface area contributed by atoms with Crippen molar-refractivity contribution < 1.29 is 14.3 Å². The monoisotopic (exact) mass is 462 g/mol. The summed E-state index contributed by atoms with van der Waals surface area (Å²) < 4.78 is 5.82. The summed E-state index contributed by atoms with van der Waals surface area (Å²) in [6.07, 6.45) is 0. The highest BCUT2D eigenvalue weighted by Crippen LogP contribution is 2.29. The predicted molar refractivity (Wildman–Crippen MR) is 127 cm³/mol. The first-order valence-corrected chi connectivity index (χ1v) is 11.1. The molecule has 7 heteroatoms. The van der Waals surface area contributed by atoms with Crippen molar-refractivity contribution in [1.82, 2.24) is 4.98 Å². The van der Waals surface area contributed by atoms with E-state index >= 15 is 0 Å². The van der Waals surface area contributed by atoms with Gasteiger partial charge in [-0.1, -0.05) is 29.8 Å². The fourth-order valence-electron chi connectivity index (χ4n) is 3.10. The number of benzene rings is 3. The van der Waals surface area contributed by atoms with Crippen LogP contribution < -0.4 is 9.64 Å². The number of thiazole rings is 1. The molecule has 4 aromatic rings. The zero-order valence-corrected chi connectivity index (χ0v) is 18.8. The lowest BCUT2D eigenvalue weighted by atomic mass is 10.0. The van der Waals surface area contributed by atoms with Gasteiger partial charge in [-0.15, -0.1) is 11.3 Å². The van der Waals surface area contributed by atoms with Crippen molar-refractivity contribution in [3.05, 3.63) is 106 Å². The van der Waals surface area contributed by atoms with Crippen LogP contribution in [0.5, 0.6) is 5.75 Å². The Morgan fingerprint density at radius 3 is 2.19 bits per heavy atom. The van der Waals surface area contributed by atoms with Crippen molar-refractivity contribution in [3.63, 3.8) is 0 Å². The van der Waals surface area contributed by atoms with Gasteiger partial charge in [0.25, 0.3) is 0 Å². The molecule has 3 aromatic carbocycles. The van der Waals surface area contributed by atoms with E-state index in [9.17, 15) is 9.59 Å². The molecule has 0 aliphatic rings. The first-order valence-electron chi connectivity index (χ1n) is 9.84. The highest BCUT2D eigenvalue weighted by atomic mass is 35.5. The number of carbonyl (C=O) groups is 2. The van der Waals surface area contributed by atoms with E-state index in [2.05, 4.69) is 4.98 Å². The topological polar surface area (TPSA) is 59.5 Å². The average Bonchev–Trinajstić information content (AvgIpc) is 3.27.